The van der Waals surface area contributed by atoms with Crippen molar-refractivity contribution in [2.24, 2.45) is 0 Å². The Hall–Kier alpha value is -5.10. The largest absolute Gasteiger partial charge is 0.492 e. The summed E-state index contributed by atoms with van der Waals surface area (Å²) in [7, 11) is 0. The van der Waals surface area contributed by atoms with E-state index in [4.69, 9.17) is 9.47 Å². The van der Waals surface area contributed by atoms with Gasteiger partial charge in [0.25, 0.3) is 11.8 Å². The lowest BCUT2D eigenvalue weighted by Gasteiger charge is -2.11. The highest BCUT2D eigenvalue weighted by molar-refractivity contribution is 6.20. The Morgan fingerprint density at radius 1 is 0.550 bits per heavy atom. The maximum absolute atomic E-state index is 13.1. The van der Waals surface area contributed by atoms with Crippen molar-refractivity contribution in [3.63, 3.8) is 0 Å². The zero-order valence-electron chi connectivity index (χ0n) is 21.9. The van der Waals surface area contributed by atoms with Gasteiger partial charge in [-0.05, 0) is 75.5 Å². The highest BCUT2D eigenvalue weighted by atomic mass is 16.5. The molecular formula is C34H28N2O4. The molecule has 1 aliphatic carbocycles. The maximum atomic E-state index is 13.1. The lowest BCUT2D eigenvalue weighted by atomic mass is 9.98. The monoisotopic (exact) mass is 528 g/mol. The smallest absolute Gasteiger partial charge is 0.252 e. The first-order valence-corrected chi connectivity index (χ1v) is 13.3. The van der Waals surface area contributed by atoms with Crippen LogP contribution in [0, 0.1) is 0 Å². The van der Waals surface area contributed by atoms with Gasteiger partial charge in [0.2, 0.25) is 0 Å². The number of para-hydroxylation sites is 2. The van der Waals surface area contributed by atoms with Gasteiger partial charge in [-0.25, -0.2) is 0 Å². The van der Waals surface area contributed by atoms with Gasteiger partial charge in [-0.2, -0.15) is 0 Å². The topological polar surface area (TPSA) is 76.7 Å². The van der Waals surface area contributed by atoms with Gasteiger partial charge in [0.1, 0.15) is 24.7 Å². The van der Waals surface area contributed by atoms with Crippen LogP contribution >= 0.6 is 0 Å². The second-order valence-corrected chi connectivity index (χ2v) is 9.48. The van der Waals surface area contributed by atoms with E-state index < -0.39 is 0 Å². The van der Waals surface area contributed by atoms with E-state index in [-0.39, 0.29) is 11.8 Å². The van der Waals surface area contributed by atoms with Gasteiger partial charge in [-0.15, -0.1) is 0 Å². The first kappa shape index (κ1) is 25.2. The average Bonchev–Trinajstić information content (AvgIpc) is 3.33. The summed E-state index contributed by atoms with van der Waals surface area (Å²) >= 11 is 0. The van der Waals surface area contributed by atoms with Crippen molar-refractivity contribution in [3.8, 4) is 33.8 Å². The SMILES string of the molecule is O=C(NCCOc1ccccc1)c1ccc2c(c1)-c1ccc(C(=O)NCCOc3ccccc3)c3cccc-2c13. The molecule has 6 rings (SSSR count). The zero-order chi connectivity index (χ0) is 27.3. The quantitative estimate of drug-likeness (QED) is 0.211. The molecule has 6 nitrogen and oxygen atoms in total. The van der Waals surface area contributed by atoms with Crippen molar-refractivity contribution < 1.29 is 19.1 Å². The van der Waals surface area contributed by atoms with Crippen LogP contribution in [0.25, 0.3) is 33.0 Å². The molecule has 0 saturated carbocycles. The Kier molecular flexibility index (Phi) is 7.14. The second-order valence-electron chi connectivity index (χ2n) is 9.48. The van der Waals surface area contributed by atoms with Crippen LogP contribution in [-0.4, -0.2) is 38.1 Å². The minimum Gasteiger partial charge on any atom is -0.492 e. The number of carbonyl (C=O) groups is 2. The van der Waals surface area contributed by atoms with Crippen LogP contribution in [0.3, 0.4) is 0 Å². The van der Waals surface area contributed by atoms with Crippen LogP contribution in [0.1, 0.15) is 20.7 Å². The standard InChI is InChI=1S/C34H28N2O4/c37-33(35-18-20-39-24-8-3-1-4-9-24)23-14-15-26-27-12-7-13-28-30(17-16-29(32(27)28)31(26)22-23)34(38)36-19-21-40-25-10-5-2-6-11-25/h1-17,22H,18-21H2,(H,35,37)(H,36,38). The number of rotatable bonds is 10. The fourth-order valence-electron chi connectivity index (χ4n) is 5.09. The number of ether oxygens (including phenoxy) is 2. The Labute approximate surface area is 232 Å². The van der Waals surface area contributed by atoms with Crippen LogP contribution < -0.4 is 20.1 Å². The van der Waals surface area contributed by atoms with Gasteiger partial charge in [0.15, 0.2) is 0 Å². The van der Waals surface area contributed by atoms with Crippen molar-refractivity contribution >= 4 is 22.6 Å². The molecule has 1 aliphatic rings. The van der Waals surface area contributed by atoms with E-state index in [0.717, 1.165) is 44.5 Å². The molecule has 5 aromatic rings. The molecular weight excluding hydrogens is 500 g/mol. The van der Waals surface area contributed by atoms with Crippen LogP contribution in [0.5, 0.6) is 11.5 Å². The van der Waals surface area contributed by atoms with Gasteiger partial charge in [0.05, 0.1) is 13.1 Å². The van der Waals surface area contributed by atoms with Gasteiger partial charge in [-0.1, -0.05) is 66.7 Å². The molecule has 0 aromatic heterocycles. The minimum absolute atomic E-state index is 0.144. The summed E-state index contributed by atoms with van der Waals surface area (Å²) in [6.45, 7) is 1.56. The molecule has 2 N–H and O–H groups in total. The molecule has 2 amide bonds. The van der Waals surface area contributed by atoms with E-state index in [1.165, 1.54) is 0 Å². The van der Waals surface area contributed by atoms with Crippen LogP contribution in [0.4, 0.5) is 0 Å². The van der Waals surface area contributed by atoms with Crippen molar-refractivity contribution in [2.45, 2.75) is 0 Å². The van der Waals surface area contributed by atoms with E-state index in [9.17, 15) is 9.59 Å². The average molecular weight is 529 g/mol. The summed E-state index contributed by atoms with van der Waals surface area (Å²) in [6, 6.07) is 34.7. The summed E-state index contributed by atoms with van der Waals surface area (Å²) in [4.78, 5) is 26.0. The molecule has 0 bridgehead atoms. The number of fused-ring (bicyclic) bond motifs is 3. The van der Waals surface area contributed by atoms with Crippen molar-refractivity contribution in [2.75, 3.05) is 26.3 Å². The molecule has 0 aliphatic heterocycles. The molecule has 0 saturated heterocycles. The summed E-state index contributed by atoms with van der Waals surface area (Å²) < 4.78 is 11.4. The summed E-state index contributed by atoms with van der Waals surface area (Å²) in [5.74, 6) is 1.25. The Balaban J connectivity index is 1.15. The molecule has 0 atom stereocenters. The van der Waals surface area contributed by atoms with Gasteiger partial charge < -0.3 is 20.1 Å². The van der Waals surface area contributed by atoms with Gasteiger partial charge in [0, 0.05) is 11.1 Å². The molecule has 198 valence electrons. The Morgan fingerprint density at radius 3 is 1.82 bits per heavy atom. The number of hydrogen-bond acceptors (Lipinski definition) is 4. The number of benzene rings is 5. The zero-order valence-corrected chi connectivity index (χ0v) is 21.9. The lowest BCUT2D eigenvalue weighted by molar-refractivity contribution is 0.0940. The number of carbonyl (C=O) groups excluding carboxylic acids is 2. The van der Waals surface area contributed by atoms with E-state index in [1.54, 1.807) is 0 Å². The van der Waals surface area contributed by atoms with Crippen LogP contribution in [0.2, 0.25) is 0 Å². The molecule has 0 heterocycles. The first-order chi connectivity index (χ1) is 19.7. The predicted octanol–water partition coefficient (Wildman–Crippen LogP) is 6.10. The highest BCUT2D eigenvalue weighted by Crippen LogP contribution is 2.48. The maximum Gasteiger partial charge on any atom is 0.252 e. The van der Waals surface area contributed by atoms with Crippen LogP contribution in [-0.2, 0) is 0 Å². The molecule has 0 fully saturated rings. The molecule has 40 heavy (non-hydrogen) atoms. The third-order valence-corrected chi connectivity index (χ3v) is 6.95. The lowest BCUT2D eigenvalue weighted by Crippen LogP contribution is -2.28. The highest BCUT2D eigenvalue weighted by Gasteiger charge is 2.25. The first-order valence-electron chi connectivity index (χ1n) is 13.3. The van der Waals surface area contributed by atoms with Gasteiger partial charge >= 0.3 is 0 Å². The summed E-state index contributed by atoms with van der Waals surface area (Å²) in [6.07, 6.45) is 0. The molecule has 0 unspecified atom stereocenters. The van der Waals surface area contributed by atoms with Crippen molar-refractivity contribution in [3.05, 3.63) is 120 Å². The summed E-state index contributed by atoms with van der Waals surface area (Å²) in [5, 5.41) is 7.82. The molecule has 6 heteroatoms. The third kappa shape index (κ3) is 5.12. The Morgan fingerprint density at radius 2 is 1.15 bits per heavy atom. The van der Waals surface area contributed by atoms with Crippen molar-refractivity contribution in [1.29, 1.82) is 0 Å². The fourth-order valence-corrected chi connectivity index (χ4v) is 5.09. The van der Waals surface area contributed by atoms with E-state index in [0.29, 0.717) is 37.4 Å². The van der Waals surface area contributed by atoms with E-state index in [1.807, 2.05) is 103 Å². The van der Waals surface area contributed by atoms with E-state index in [2.05, 4.69) is 16.7 Å². The summed E-state index contributed by atoms with van der Waals surface area (Å²) in [5.41, 5.74) is 5.32. The Bertz CT molecular complexity index is 1680. The van der Waals surface area contributed by atoms with E-state index >= 15 is 0 Å². The number of amides is 2. The second kappa shape index (κ2) is 11.3. The molecule has 5 aromatic carbocycles. The van der Waals surface area contributed by atoms with Crippen LogP contribution in [0.15, 0.2) is 109 Å². The normalized spacial score (nSPS) is 11.1. The fraction of sp³-hybridized carbons (Fsp3) is 0.118. The van der Waals surface area contributed by atoms with Gasteiger partial charge in [-0.3, -0.25) is 9.59 Å². The molecule has 0 radical (unpaired) electrons. The molecule has 0 spiro atoms. The third-order valence-electron chi connectivity index (χ3n) is 6.95. The number of hydrogen-bond donors (Lipinski definition) is 2. The van der Waals surface area contributed by atoms with Crippen molar-refractivity contribution in [1.82, 2.24) is 10.6 Å². The number of nitrogens with one attached hydrogen (secondary N) is 2. The predicted molar refractivity (Wildman–Crippen MR) is 157 cm³/mol. The minimum atomic E-state index is -0.152.